The summed E-state index contributed by atoms with van der Waals surface area (Å²) in [5, 5.41) is 9.36. The number of amidine groups is 1. The molecule has 0 radical (unpaired) electrons. The molecule has 1 aliphatic heterocycles. The van der Waals surface area contributed by atoms with Crippen LogP contribution in [0.25, 0.3) is 5.70 Å². The quantitative estimate of drug-likeness (QED) is 0.332. The van der Waals surface area contributed by atoms with Crippen LogP contribution in [0.5, 0.6) is 0 Å². The molecule has 0 aliphatic carbocycles. The Morgan fingerprint density at radius 1 is 1.25 bits per heavy atom. The van der Waals surface area contributed by atoms with Gasteiger partial charge in [-0.25, -0.2) is 0 Å². The maximum Gasteiger partial charge on any atom is 0.138 e. The Kier molecular flexibility index (Phi) is 7.25. The number of benzene rings is 1. The fraction of sp³-hybridized carbons (Fsp3) is 0.412. The van der Waals surface area contributed by atoms with Crippen molar-refractivity contribution < 1.29 is 4.74 Å². The van der Waals surface area contributed by atoms with E-state index in [4.69, 9.17) is 16.2 Å². The van der Waals surface area contributed by atoms with E-state index in [0.717, 1.165) is 49.3 Å². The number of aliphatic imine (C=N–C) groups is 1. The second-order valence-corrected chi connectivity index (χ2v) is 6.40. The van der Waals surface area contributed by atoms with Gasteiger partial charge in [0.1, 0.15) is 17.5 Å². The van der Waals surface area contributed by atoms with E-state index in [0.29, 0.717) is 12.2 Å². The molecule has 1 aromatic carbocycles. The van der Waals surface area contributed by atoms with Gasteiger partial charge in [-0.3, -0.25) is 9.89 Å². The molecule has 4 N–H and O–H groups in total. The summed E-state index contributed by atoms with van der Waals surface area (Å²) in [4.78, 5) is 6.65. The Morgan fingerprint density at radius 3 is 2.54 bits per heavy atom. The van der Waals surface area contributed by atoms with E-state index in [2.05, 4.69) is 31.9 Å². The number of hydrogen-bond donors (Lipinski definition) is 2. The van der Waals surface area contributed by atoms with E-state index in [-0.39, 0.29) is 11.4 Å². The molecule has 0 bridgehead atoms. The fourth-order valence-corrected chi connectivity index (χ4v) is 2.69. The van der Waals surface area contributed by atoms with Crippen LogP contribution in [0.1, 0.15) is 12.0 Å². The molecule has 0 saturated carbocycles. The van der Waals surface area contributed by atoms with E-state index in [1.165, 1.54) is 0 Å². The van der Waals surface area contributed by atoms with Gasteiger partial charge in [0.2, 0.25) is 0 Å². The van der Waals surface area contributed by atoms with Gasteiger partial charge >= 0.3 is 0 Å². The molecule has 1 aromatic rings. The third kappa shape index (κ3) is 5.34. The molecule has 1 fully saturated rings. The Hall–Kier alpha value is -1.88. The van der Waals surface area contributed by atoms with Crippen molar-refractivity contribution in [3.05, 3.63) is 39.9 Å². The van der Waals surface area contributed by atoms with Gasteiger partial charge in [-0.1, -0.05) is 28.1 Å². The summed E-state index contributed by atoms with van der Waals surface area (Å²) >= 11 is 3.37. The summed E-state index contributed by atoms with van der Waals surface area (Å²) < 4.78 is 6.26. The summed E-state index contributed by atoms with van der Waals surface area (Å²) in [6.45, 7) is 5.01. The molecule has 128 valence electrons. The topological polar surface area (TPSA) is 101 Å². The molecule has 1 saturated heterocycles. The maximum atomic E-state index is 9.36. The first-order valence-corrected chi connectivity index (χ1v) is 8.67. The highest BCUT2D eigenvalue weighted by atomic mass is 79.9. The predicted octanol–water partition coefficient (Wildman–Crippen LogP) is 1.72. The molecule has 0 amide bonds. The van der Waals surface area contributed by atoms with Gasteiger partial charge in [-0.2, -0.15) is 5.26 Å². The van der Waals surface area contributed by atoms with Crippen LogP contribution >= 0.6 is 15.9 Å². The van der Waals surface area contributed by atoms with Crippen LogP contribution in [0.15, 0.2) is 39.3 Å². The van der Waals surface area contributed by atoms with E-state index >= 15 is 0 Å². The van der Waals surface area contributed by atoms with Crippen LogP contribution < -0.4 is 11.5 Å². The maximum absolute atomic E-state index is 9.36. The van der Waals surface area contributed by atoms with Crippen LogP contribution in [0.4, 0.5) is 0 Å². The van der Waals surface area contributed by atoms with Crippen LogP contribution in [0, 0.1) is 11.3 Å². The molecule has 6 nitrogen and oxygen atoms in total. The lowest BCUT2D eigenvalue weighted by Gasteiger charge is -2.26. The van der Waals surface area contributed by atoms with Crippen molar-refractivity contribution >= 4 is 27.5 Å². The Balaban J connectivity index is 1.96. The molecule has 0 atom stereocenters. The minimum atomic E-state index is 0.194. The van der Waals surface area contributed by atoms with E-state index in [1.807, 2.05) is 24.3 Å². The fourth-order valence-electron chi connectivity index (χ4n) is 2.43. The third-order valence-electron chi connectivity index (χ3n) is 3.81. The summed E-state index contributed by atoms with van der Waals surface area (Å²) in [5.41, 5.74) is 13.4. The normalized spacial score (nSPS) is 17.2. The molecular weight excluding hydrogens is 370 g/mol. The molecule has 1 heterocycles. The molecule has 1 aliphatic rings. The largest absolute Gasteiger partial charge is 0.397 e. The zero-order chi connectivity index (χ0) is 17.4. The van der Waals surface area contributed by atoms with Gasteiger partial charge in [0, 0.05) is 30.7 Å². The first-order valence-electron chi connectivity index (χ1n) is 7.88. The highest BCUT2D eigenvalue weighted by molar-refractivity contribution is 9.10. The zero-order valence-corrected chi connectivity index (χ0v) is 15.1. The third-order valence-corrected chi connectivity index (χ3v) is 4.34. The van der Waals surface area contributed by atoms with Crippen LogP contribution in [-0.2, 0) is 4.74 Å². The van der Waals surface area contributed by atoms with Gasteiger partial charge < -0.3 is 16.2 Å². The molecular formula is C17H22BrN5O. The highest BCUT2D eigenvalue weighted by Gasteiger charge is 2.11. The van der Waals surface area contributed by atoms with Crippen molar-refractivity contribution in [1.82, 2.24) is 4.90 Å². The second-order valence-electron chi connectivity index (χ2n) is 5.48. The SMILES string of the molecule is N#CC(C(N)=NCCCN1CCOCC1)=C(N)c1ccc(Br)cc1. The van der Waals surface area contributed by atoms with Crippen LogP contribution in [0.2, 0.25) is 0 Å². The minimum absolute atomic E-state index is 0.194. The number of hydrogen-bond acceptors (Lipinski definition) is 5. The number of halogens is 1. The predicted molar refractivity (Wildman–Crippen MR) is 99.2 cm³/mol. The van der Waals surface area contributed by atoms with Crippen molar-refractivity contribution in [2.75, 3.05) is 39.4 Å². The van der Waals surface area contributed by atoms with E-state index in [1.54, 1.807) is 0 Å². The minimum Gasteiger partial charge on any atom is -0.397 e. The lowest BCUT2D eigenvalue weighted by Crippen LogP contribution is -2.37. The van der Waals surface area contributed by atoms with E-state index in [9.17, 15) is 5.26 Å². The Labute approximate surface area is 150 Å². The average molecular weight is 392 g/mol. The standard InChI is InChI=1S/C17H22BrN5O/c18-14-4-2-13(3-5-14)16(20)15(12-19)17(21)22-6-1-7-23-8-10-24-11-9-23/h2-5H,1,6-11,20H2,(H2,21,22). The van der Waals surface area contributed by atoms with Crippen molar-refractivity contribution in [1.29, 1.82) is 5.26 Å². The van der Waals surface area contributed by atoms with Crippen LogP contribution in [-0.4, -0.2) is 50.1 Å². The lowest BCUT2D eigenvalue weighted by molar-refractivity contribution is 0.0377. The van der Waals surface area contributed by atoms with E-state index < -0.39 is 0 Å². The molecule has 0 unspecified atom stereocenters. The number of rotatable bonds is 6. The van der Waals surface area contributed by atoms with Crippen LogP contribution in [0.3, 0.4) is 0 Å². The van der Waals surface area contributed by atoms with Crippen molar-refractivity contribution in [3.8, 4) is 6.07 Å². The Bertz CT molecular complexity index is 642. The number of ether oxygens (including phenoxy) is 1. The molecule has 2 rings (SSSR count). The molecule has 0 aromatic heterocycles. The summed E-state index contributed by atoms with van der Waals surface area (Å²) in [5.74, 6) is 0.194. The molecule has 0 spiro atoms. The van der Waals surface area contributed by atoms with Gasteiger partial charge in [-0.05, 0) is 24.1 Å². The highest BCUT2D eigenvalue weighted by Crippen LogP contribution is 2.17. The number of morpholine rings is 1. The monoisotopic (exact) mass is 391 g/mol. The summed E-state index contributed by atoms with van der Waals surface area (Å²) in [6.07, 6.45) is 0.887. The van der Waals surface area contributed by atoms with Gasteiger partial charge in [0.05, 0.1) is 18.9 Å². The van der Waals surface area contributed by atoms with Crippen molar-refractivity contribution in [3.63, 3.8) is 0 Å². The smallest absolute Gasteiger partial charge is 0.138 e. The van der Waals surface area contributed by atoms with Crippen molar-refractivity contribution in [2.24, 2.45) is 16.5 Å². The number of nitrogens with two attached hydrogens (primary N) is 2. The molecule has 7 heteroatoms. The zero-order valence-electron chi connectivity index (χ0n) is 13.5. The second kappa shape index (κ2) is 9.42. The number of nitrogens with zero attached hydrogens (tertiary/aromatic N) is 3. The summed E-state index contributed by atoms with van der Waals surface area (Å²) in [7, 11) is 0. The molecule has 24 heavy (non-hydrogen) atoms. The first kappa shape index (κ1) is 18.5. The average Bonchev–Trinajstić information content (AvgIpc) is 2.61. The lowest BCUT2D eigenvalue weighted by atomic mass is 10.1. The first-order chi connectivity index (χ1) is 11.6. The summed E-state index contributed by atoms with van der Waals surface area (Å²) in [6, 6.07) is 9.47. The Morgan fingerprint density at radius 2 is 1.92 bits per heavy atom. The number of nitriles is 1. The van der Waals surface area contributed by atoms with Gasteiger partial charge in [-0.15, -0.1) is 0 Å². The van der Waals surface area contributed by atoms with Gasteiger partial charge in [0.25, 0.3) is 0 Å². The van der Waals surface area contributed by atoms with Gasteiger partial charge in [0.15, 0.2) is 0 Å². The van der Waals surface area contributed by atoms with Crippen molar-refractivity contribution in [2.45, 2.75) is 6.42 Å².